The Bertz CT molecular complexity index is 1270. The van der Waals surface area contributed by atoms with Crippen LogP contribution in [0.1, 0.15) is 41.6 Å². The molecule has 0 unspecified atom stereocenters. The van der Waals surface area contributed by atoms with Gasteiger partial charge in [0.25, 0.3) is 5.56 Å². The van der Waals surface area contributed by atoms with Gasteiger partial charge in [-0.25, -0.2) is 0 Å². The second kappa shape index (κ2) is 11.1. The largest absolute Gasteiger partial charge is 0.493 e. The molecule has 2 N–H and O–H groups in total. The van der Waals surface area contributed by atoms with Crippen molar-refractivity contribution in [3.8, 4) is 11.5 Å². The minimum absolute atomic E-state index is 0.127. The van der Waals surface area contributed by atoms with Crippen molar-refractivity contribution in [2.75, 3.05) is 40.5 Å². The molecule has 0 bridgehead atoms. The minimum atomic E-state index is -0.362. The van der Waals surface area contributed by atoms with Crippen LogP contribution in [0.4, 0.5) is 0 Å². The third-order valence-corrected chi connectivity index (χ3v) is 6.78. The monoisotopic (exact) mass is 495 g/mol. The van der Waals surface area contributed by atoms with Gasteiger partial charge >= 0.3 is 0 Å². The first-order chi connectivity index (χ1) is 17.0. The fourth-order valence-electron chi connectivity index (χ4n) is 4.66. The average Bonchev–Trinajstić information content (AvgIpc) is 2.86. The Balaban J connectivity index is 1.79. The molecule has 0 spiro atoms. The summed E-state index contributed by atoms with van der Waals surface area (Å²) in [6.07, 6.45) is 1.63. The molecule has 35 heavy (non-hydrogen) atoms. The van der Waals surface area contributed by atoms with Gasteiger partial charge in [-0.05, 0) is 85.8 Å². The maximum Gasteiger partial charge on any atom is 0.254 e. The molecule has 0 saturated heterocycles. The second-order valence-corrected chi connectivity index (χ2v) is 9.07. The summed E-state index contributed by atoms with van der Waals surface area (Å²) in [5.74, 6) is 1.31. The first-order valence-corrected chi connectivity index (χ1v) is 12.4. The Hall–Kier alpha value is -3.10. The highest BCUT2D eigenvalue weighted by atomic mass is 32.1. The van der Waals surface area contributed by atoms with Crippen molar-refractivity contribution in [1.29, 1.82) is 0 Å². The molecule has 0 aliphatic carbocycles. The van der Waals surface area contributed by atoms with Crippen molar-refractivity contribution in [2.24, 2.45) is 0 Å². The van der Waals surface area contributed by atoms with E-state index in [1.807, 2.05) is 44.2 Å². The standard InChI is InChI=1S/C27H33N3O4S/c1-5-34-12-6-10-28-27(35)30-11-9-18-15-23(32-3)24(33-4)16-20(18)25(30)21-14-19-13-17(2)7-8-22(19)29-26(21)31/h7-8,13-16,25H,5-6,9-12H2,1-4H3,(H,28,35)(H,29,31)/t25-/m0/s1. The number of pyridine rings is 1. The summed E-state index contributed by atoms with van der Waals surface area (Å²) in [7, 11) is 3.25. The maximum atomic E-state index is 13.4. The van der Waals surface area contributed by atoms with Gasteiger partial charge in [0.15, 0.2) is 16.6 Å². The van der Waals surface area contributed by atoms with E-state index in [1.165, 1.54) is 0 Å². The van der Waals surface area contributed by atoms with Gasteiger partial charge in [-0.1, -0.05) is 11.6 Å². The van der Waals surface area contributed by atoms with E-state index < -0.39 is 0 Å². The average molecular weight is 496 g/mol. The number of hydrogen-bond acceptors (Lipinski definition) is 5. The Morgan fingerprint density at radius 2 is 1.91 bits per heavy atom. The smallest absolute Gasteiger partial charge is 0.254 e. The van der Waals surface area contributed by atoms with E-state index in [4.69, 9.17) is 26.4 Å². The molecule has 0 radical (unpaired) electrons. The van der Waals surface area contributed by atoms with E-state index >= 15 is 0 Å². The van der Waals surface area contributed by atoms with Crippen LogP contribution in [-0.2, 0) is 11.2 Å². The van der Waals surface area contributed by atoms with Crippen LogP contribution in [0.3, 0.4) is 0 Å². The van der Waals surface area contributed by atoms with Crippen molar-refractivity contribution in [3.63, 3.8) is 0 Å². The van der Waals surface area contributed by atoms with Crippen molar-refractivity contribution in [3.05, 3.63) is 69.0 Å². The number of H-pyrrole nitrogens is 1. The lowest BCUT2D eigenvalue weighted by molar-refractivity contribution is 0.145. The van der Waals surface area contributed by atoms with Gasteiger partial charge in [0.2, 0.25) is 0 Å². The quantitative estimate of drug-likeness (QED) is 0.360. The molecule has 0 saturated carbocycles. The zero-order valence-electron chi connectivity index (χ0n) is 20.8. The highest BCUT2D eigenvalue weighted by Crippen LogP contribution is 2.40. The van der Waals surface area contributed by atoms with Crippen molar-refractivity contribution >= 4 is 28.2 Å². The van der Waals surface area contributed by atoms with E-state index in [2.05, 4.69) is 21.3 Å². The summed E-state index contributed by atoms with van der Waals surface area (Å²) >= 11 is 5.83. The number of nitrogens with one attached hydrogen (secondary N) is 2. The number of benzene rings is 2. The van der Waals surface area contributed by atoms with Crippen LogP contribution in [0, 0.1) is 6.92 Å². The Morgan fingerprint density at radius 3 is 2.66 bits per heavy atom. The number of methoxy groups -OCH3 is 2. The van der Waals surface area contributed by atoms with Crippen LogP contribution in [0.5, 0.6) is 11.5 Å². The number of fused-ring (bicyclic) bond motifs is 2. The zero-order chi connectivity index (χ0) is 24.9. The number of thiocarbonyl (C=S) groups is 1. The summed E-state index contributed by atoms with van der Waals surface area (Å²) in [6.45, 7) is 6.79. The van der Waals surface area contributed by atoms with Crippen LogP contribution in [0.25, 0.3) is 10.9 Å². The summed E-state index contributed by atoms with van der Waals surface area (Å²) in [5, 5.41) is 4.98. The Morgan fingerprint density at radius 1 is 1.14 bits per heavy atom. The van der Waals surface area contributed by atoms with Crippen LogP contribution in [0.2, 0.25) is 0 Å². The Labute approximate surface area is 211 Å². The van der Waals surface area contributed by atoms with Gasteiger partial charge in [-0.3, -0.25) is 4.79 Å². The molecule has 2 aromatic carbocycles. The highest BCUT2D eigenvalue weighted by Gasteiger charge is 2.33. The van der Waals surface area contributed by atoms with Crippen LogP contribution >= 0.6 is 12.2 Å². The molecular formula is C27H33N3O4S. The summed E-state index contributed by atoms with van der Waals surface area (Å²) < 4.78 is 16.6. The lowest BCUT2D eigenvalue weighted by Gasteiger charge is -2.39. The predicted molar refractivity (Wildman–Crippen MR) is 143 cm³/mol. The number of aryl methyl sites for hydroxylation is 1. The fraction of sp³-hybridized carbons (Fsp3) is 0.407. The third kappa shape index (κ3) is 5.28. The molecule has 0 fully saturated rings. The lowest BCUT2D eigenvalue weighted by atomic mass is 9.88. The first kappa shape index (κ1) is 25.0. The third-order valence-electron chi connectivity index (χ3n) is 6.40. The number of aromatic nitrogens is 1. The van der Waals surface area contributed by atoms with Gasteiger partial charge in [-0.15, -0.1) is 0 Å². The number of rotatable bonds is 8. The normalized spacial score (nSPS) is 15.1. The molecule has 1 atom stereocenters. The minimum Gasteiger partial charge on any atom is -0.493 e. The molecular weight excluding hydrogens is 462 g/mol. The van der Waals surface area contributed by atoms with Crippen molar-refractivity contribution in [2.45, 2.75) is 32.7 Å². The van der Waals surface area contributed by atoms with Gasteiger partial charge in [0, 0.05) is 37.4 Å². The molecule has 1 aromatic heterocycles. The summed E-state index contributed by atoms with van der Waals surface area (Å²) in [4.78, 5) is 18.6. The van der Waals surface area contributed by atoms with Crippen molar-refractivity contribution < 1.29 is 14.2 Å². The van der Waals surface area contributed by atoms with E-state index in [0.717, 1.165) is 40.4 Å². The molecule has 8 heteroatoms. The predicted octanol–water partition coefficient (Wildman–Crippen LogP) is 4.10. The summed E-state index contributed by atoms with van der Waals surface area (Å²) in [6, 6.07) is 11.6. The molecule has 0 amide bonds. The highest BCUT2D eigenvalue weighted by molar-refractivity contribution is 7.80. The van der Waals surface area contributed by atoms with Crippen LogP contribution < -0.4 is 20.3 Å². The molecule has 1 aliphatic heterocycles. The molecule has 3 aromatic rings. The van der Waals surface area contributed by atoms with Crippen molar-refractivity contribution in [1.82, 2.24) is 15.2 Å². The van der Waals surface area contributed by atoms with E-state index in [1.54, 1.807) is 14.2 Å². The molecule has 4 rings (SSSR count). The summed E-state index contributed by atoms with van der Waals surface area (Å²) in [5.41, 5.74) is 4.58. The van der Waals surface area contributed by atoms with Gasteiger partial charge in [-0.2, -0.15) is 0 Å². The van der Waals surface area contributed by atoms with E-state index in [0.29, 0.717) is 48.5 Å². The fourth-order valence-corrected chi connectivity index (χ4v) is 4.96. The maximum absolute atomic E-state index is 13.4. The SMILES string of the molecule is CCOCCCNC(=S)N1CCc2cc(OC)c(OC)cc2[C@H]1c1cc2cc(C)ccc2[nH]c1=O. The topological polar surface area (TPSA) is 75.8 Å². The van der Waals surface area contributed by atoms with Crippen LogP contribution in [0.15, 0.2) is 41.2 Å². The first-order valence-electron chi connectivity index (χ1n) is 12.0. The molecule has 186 valence electrons. The van der Waals surface area contributed by atoms with Crippen LogP contribution in [-0.4, -0.2) is 55.5 Å². The lowest BCUT2D eigenvalue weighted by Crippen LogP contribution is -2.47. The number of hydrogen-bond donors (Lipinski definition) is 2. The second-order valence-electron chi connectivity index (χ2n) is 8.68. The molecule has 2 heterocycles. The number of ether oxygens (including phenoxy) is 3. The number of nitrogens with zero attached hydrogens (tertiary/aromatic N) is 1. The van der Waals surface area contributed by atoms with Gasteiger partial charge in [0.05, 0.1) is 20.3 Å². The van der Waals surface area contributed by atoms with Gasteiger partial charge < -0.3 is 29.4 Å². The van der Waals surface area contributed by atoms with Gasteiger partial charge in [0.1, 0.15) is 0 Å². The van der Waals surface area contributed by atoms with E-state index in [-0.39, 0.29) is 11.6 Å². The Kier molecular flexibility index (Phi) is 7.93. The van der Waals surface area contributed by atoms with E-state index in [9.17, 15) is 4.79 Å². The molecule has 7 nitrogen and oxygen atoms in total. The number of aromatic amines is 1. The zero-order valence-corrected chi connectivity index (χ0v) is 21.6. The molecule has 1 aliphatic rings.